The Morgan fingerprint density at radius 1 is 0.545 bits per heavy atom. The Balaban J connectivity index is 1.09. The number of benzene rings is 8. The van der Waals surface area contributed by atoms with Crippen LogP contribution in [0.2, 0.25) is 0 Å². The summed E-state index contributed by atoms with van der Waals surface area (Å²) in [5.74, 6) is 0. The average molecular weight is 719 g/mol. The van der Waals surface area contributed by atoms with Gasteiger partial charge in [-0.25, -0.2) is 15.0 Å². The smallest absolute Gasteiger partial charge is 0.156 e. The lowest BCUT2D eigenvalue weighted by atomic mass is 9.97. The Hall–Kier alpha value is -7.15. The van der Waals surface area contributed by atoms with Crippen LogP contribution in [0.3, 0.4) is 0 Å². The highest BCUT2D eigenvalue weighted by atomic mass is 32.1. The Kier molecular flexibility index (Phi) is 5.71. The number of imidazole rings is 1. The van der Waals surface area contributed by atoms with Crippen molar-refractivity contribution < 1.29 is 4.42 Å². The maximum Gasteiger partial charge on any atom is 0.156 e. The molecule has 0 aliphatic heterocycles. The first-order chi connectivity index (χ1) is 27.2. The lowest BCUT2D eigenvalue weighted by molar-refractivity contribution is 0.670. The minimum absolute atomic E-state index is 0.834. The normalized spacial score (nSPS) is 12.4. The predicted molar refractivity (Wildman–Crippen MR) is 229 cm³/mol. The monoisotopic (exact) mass is 718 g/mol. The molecule has 0 bridgehead atoms. The topological polar surface area (TPSA) is 56.2 Å². The van der Waals surface area contributed by atoms with E-state index in [0.717, 1.165) is 71.9 Å². The first-order valence-corrected chi connectivity index (χ1v) is 19.2. The van der Waals surface area contributed by atoms with Crippen molar-refractivity contribution in [2.45, 2.75) is 0 Å². The first-order valence-electron chi connectivity index (χ1n) is 18.4. The van der Waals surface area contributed by atoms with E-state index in [9.17, 15) is 0 Å². The summed E-state index contributed by atoms with van der Waals surface area (Å²) in [5.41, 5.74) is 9.94. The first kappa shape index (κ1) is 29.3. The van der Waals surface area contributed by atoms with Crippen molar-refractivity contribution in [2.24, 2.45) is 0 Å². The van der Waals surface area contributed by atoms with E-state index in [1.165, 1.54) is 52.5 Å². The van der Waals surface area contributed by atoms with Crippen LogP contribution in [-0.2, 0) is 0 Å². The second-order valence-electron chi connectivity index (χ2n) is 14.5. The summed E-state index contributed by atoms with van der Waals surface area (Å²) in [7, 11) is 0. The molecule has 254 valence electrons. The van der Waals surface area contributed by atoms with Gasteiger partial charge in [-0.1, -0.05) is 103 Å². The summed E-state index contributed by atoms with van der Waals surface area (Å²) in [6, 6.07) is 52.6. The molecular weight excluding hydrogens is 693 g/mol. The fourth-order valence-corrected chi connectivity index (χ4v) is 10.2. The molecule has 55 heavy (non-hydrogen) atoms. The largest absolute Gasteiger partial charge is 0.455 e. The van der Waals surface area contributed by atoms with Gasteiger partial charge in [-0.05, 0) is 85.9 Å². The van der Waals surface area contributed by atoms with Gasteiger partial charge in [0.2, 0.25) is 0 Å². The lowest BCUT2D eigenvalue weighted by Crippen LogP contribution is -1.93. The minimum Gasteiger partial charge on any atom is -0.455 e. The number of rotatable bonds is 2. The Morgan fingerprint density at radius 2 is 1.29 bits per heavy atom. The Bertz CT molecular complexity index is 3780. The Morgan fingerprint density at radius 3 is 2.15 bits per heavy atom. The zero-order valence-corrected chi connectivity index (χ0v) is 29.9. The van der Waals surface area contributed by atoms with Gasteiger partial charge in [0.1, 0.15) is 17.5 Å². The zero-order chi connectivity index (χ0) is 35.8. The molecule has 0 N–H and O–H groups in total. The van der Waals surface area contributed by atoms with Gasteiger partial charge in [0.25, 0.3) is 0 Å². The van der Waals surface area contributed by atoms with Gasteiger partial charge in [0.05, 0.1) is 32.3 Å². The highest BCUT2D eigenvalue weighted by Gasteiger charge is 2.21. The van der Waals surface area contributed by atoms with Crippen molar-refractivity contribution in [1.29, 1.82) is 0 Å². The molecule has 0 fully saturated rings. The maximum atomic E-state index is 6.56. The van der Waals surface area contributed by atoms with Crippen molar-refractivity contribution in [1.82, 2.24) is 19.4 Å². The van der Waals surface area contributed by atoms with Crippen LogP contribution in [0.25, 0.3) is 124 Å². The van der Waals surface area contributed by atoms with Crippen LogP contribution in [-0.4, -0.2) is 19.4 Å². The van der Waals surface area contributed by atoms with Gasteiger partial charge in [0.15, 0.2) is 5.65 Å². The van der Waals surface area contributed by atoms with Gasteiger partial charge in [-0.3, -0.25) is 4.40 Å². The number of hydrogen-bond acceptors (Lipinski definition) is 5. The number of nitrogens with zero attached hydrogens (tertiary/aromatic N) is 4. The van der Waals surface area contributed by atoms with Crippen LogP contribution in [0.5, 0.6) is 0 Å². The highest BCUT2D eigenvalue weighted by Crippen LogP contribution is 2.45. The summed E-state index contributed by atoms with van der Waals surface area (Å²) in [5, 5.41) is 12.9. The van der Waals surface area contributed by atoms with E-state index in [0.29, 0.717) is 0 Å². The molecule has 13 rings (SSSR count). The van der Waals surface area contributed by atoms with Crippen LogP contribution in [0.1, 0.15) is 0 Å². The van der Waals surface area contributed by atoms with Crippen LogP contribution in [0.15, 0.2) is 163 Å². The summed E-state index contributed by atoms with van der Waals surface area (Å²) < 4.78 is 11.4. The van der Waals surface area contributed by atoms with E-state index in [1.807, 2.05) is 35.7 Å². The van der Waals surface area contributed by atoms with Crippen molar-refractivity contribution >= 4 is 113 Å². The molecule has 0 radical (unpaired) electrons. The number of thiophene rings is 1. The number of fused-ring (bicyclic) bond motifs is 16. The van der Waals surface area contributed by atoms with E-state index in [2.05, 4.69) is 142 Å². The minimum atomic E-state index is 0.834. The van der Waals surface area contributed by atoms with Crippen molar-refractivity contribution in [3.05, 3.63) is 158 Å². The van der Waals surface area contributed by atoms with E-state index < -0.39 is 0 Å². The van der Waals surface area contributed by atoms with Crippen LogP contribution >= 0.6 is 11.3 Å². The van der Waals surface area contributed by atoms with E-state index >= 15 is 0 Å². The summed E-state index contributed by atoms with van der Waals surface area (Å²) in [6.45, 7) is 0. The van der Waals surface area contributed by atoms with Gasteiger partial charge < -0.3 is 4.42 Å². The SMILES string of the molecule is c1ccc2cc3cc4c(cc3cc2c1)nc1c2sc3c5ccccc5ccc3c2cc(-c2ccc(-c3cc5cncnc5c5c3oc3ccccc35)cc2)n41. The third-order valence-corrected chi connectivity index (χ3v) is 12.7. The van der Waals surface area contributed by atoms with Gasteiger partial charge in [-0.15, -0.1) is 11.3 Å². The van der Waals surface area contributed by atoms with Gasteiger partial charge >= 0.3 is 0 Å². The quantitative estimate of drug-likeness (QED) is 0.167. The molecule has 6 heteroatoms. The molecule has 8 aromatic carbocycles. The molecule has 5 nitrogen and oxygen atoms in total. The fourth-order valence-electron chi connectivity index (χ4n) is 8.86. The molecule has 0 saturated heterocycles. The molecule has 0 aliphatic carbocycles. The maximum absolute atomic E-state index is 6.56. The van der Waals surface area contributed by atoms with Crippen LogP contribution in [0, 0.1) is 0 Å². The van der Waals surface area contributed by atoms with Crippen molar-refractivity contribution in [3.63, 3.8) is 0 Å². The van der Waals surface area contributed by atoms with E-state index in [-0.39, 0.29) is 0 Å². The van der Waals surface area contributed by atoms with E-state index in [4.69, 9.17) is 9.40 Å². The summed E-state index contributed by atoms with van der Waals surface area (Å²) in [4.78, 5) is 14.5. The van der Waals surface area contributed by atoms with Crippen LogP contribution < -0.4 is 0 Å². The third-order valence-electron chi connectivity index (χ3n) is 11.4. The molecule has 0 unspecified atom stereocenters. The molecule has 0 atom stereocenters. The third kappa shape index (κ3) is 4.09. The Labute approximate surface area is 316 Å². The van der Waals surface area contributed by atoms with Crippen LogP contribution in [0.4, 0.5) is 0 Å². The molecule has 0 spiro atoms. The summed E-state index contributed by atoms with van der Waals surface area (Å²) in [6.07, 6.45) is 3.50. The molecule has 0 amide bonds. The standard InChI is InChI=1S/C49H26N4OS/c1-2-9-31-20-33-23-42-40(22-32(33)19-30(31)8-1)52-49-48-39(36-18-17-27-7-3-4-10-35(27)47(36)55-48)24-41(53(42)49)29-15-13-28(14-16-29)38-21-34-25-50-26-51-45(34)44-37-11-5-6-12-43(37)54-46(38)44/h1-26H. The summed E-state index contributed by atoms with van der Waals surface area (Å²) >= 11 is 1.85. The molecule has 0 saturated carbocycles. The van der Waals surface area contributed by atoms with Crippen molar-refractivity contribution in [2.75, 3.05) is 0 Å². The average Bonchev–Trinajstić information content (AvgIpc) is 3.93. The second-order valence-corrected chi connectivity index (χ2v) is 15.5. The second kappa shape index (κ2) is 10.7. The predicted octanol–water partition coefficient (Wildman–Crippen LogP) is 13.5. The highest BCUT2D eigenvalue weighted by molar-refractivity contribution is 7.27. The number of aromatic nitrogens is 4. The number of furan rings is 1. The number of hydrogen-bond donors (Lipinski definition) is 0. The van der Waals surface area contributed by atoms with Gasteiger partial charge in [-0.2, -0.15) is 0 Å². The molecule has 5 heterocycles. The molecule has 5 aromatic heterocycles. The number of pyridine rings is 1. The van der Waals surface area contributed by atoms with Gasteiger partial charge in [0, 0.05) is 38.0 Å². The van der Waals surface area contributed by atoms with Crippen molar-refractivity contribution in [3.8, 4) is 22.4 Å². The fraction of sp³-hybridized carbons (Fsp3) is 0. The molecule has 0 aliphatic rings. The molecular formula is C49H26N4OS. The number of para-hydroxylation sites is 1. The van der Waals surface area contributed by atoms with E-state index in [1.54, 1.807) is 6.33 Å². The zero-order valence-electron chi connectivity index (χ0n) is 29.1. The molecule has 13 aromatic rings. The lowest BCUT2D eigenvalue weighted by Gasteiger charge is -2.11.